The van der Waals surface area contributed by atoms with Crippen molar-refractivity contribution in [1.29, 1.82) is 0 Å². The Morgan fingerprint density at radius 1 is 1.70 bits per heavy atom. The van der Waals surface area contributed by atoms with Crippen LogP contribution in [0.5, 0.6) is 0 Å². The monoisotopic (exact) mass is 229 g/mol. The van der Waals surface area contributed by atoms with E-state index in [2.05, 4.69) is 21.2 Å². The molecular formula is C5H9BrClNO2. The van der Waals surface area contributed by atoms with Gasteiger partial charge in [0.15, 0.2) is 0 Å². The minimum Gasteiger partial charge on any atom is -0.480 e. The molecule has 1 aliphatic heterocycles. The molecule has 2 atom stereocenters. The molecule has 0 aliphatic carbocycles. The Balaban J connectivity index is 0.000000810. The largest absolute Gasteiger partial charge is 0.480 e. The number of alkyl halides is 1. The minimum absolute atomic E-state index is 0. The first-order chi connectivity index (χ1) is 4.20. The lowest BCUT2D eigenvalue weighted by Crippen LogP contribution is -2.29. The van der Waals surface area contributed by atoms with Crippen molar-refractivity contribution >= 4 is 34.3 Å². The first-order valence-electron chi connectivity index (χ1n) is 2.80. The van der Waals surface area contributed by atoms with Crippen molar-refractivity contribution in [2.75, 3.05) is 6.54 Å². The van der Waals surface area contributed by atoms with Crippen LogP contribution in [0.2, 0.25) is 0 Å². The Labute approximate surface area is 73.7 Å². The summed E-state index contributed by atoms with van der Waals surface area (Å²) in [6.45, 7) is 0.761. The molecule has 1 aliphatic rings. The van der Waals surface area contributed by atoms with Crippen LogP contribution in [0.3, 0.4) is 0 Å². The summed E-state index contributed by atoms with van der Waals surface area (Å²) in [4.78, 5) is 10.6. The van der Waals surface area contributed by atoms with Crippen LogP contribution in [0, 0.1) is 0 Å². The number of carboxylic acid groups (broad SMARTS) is 1. The van der Waals surface area contributed by atoms with Gasteiger partial charge in [0.1, 0.15) is 6.04 Å². The molecule has 1 rings (SSSR count). The Morgan fingerprint density at radius 2 is 2.30 bits per heavy atom. The Kier molecular flexibility index (Phi) is 4.24. The Bertz CT molecular complexity index is 133. The number of hydrogen-bond donors (Lipinski definition) is 2. The van der Waals surface area contributed by atoms with Gasteiger partial charge in [-0.05, 0) is 6.42 Å². The quantitative estimate of drug-likeness (QED) is 0.649. The summed E-state index contributed by atoms with van der Waals surface area (Å²) in [6.07, 6.45) is 0.690. The van der Waals surface area contributed by atoms with Gasteiger partial charge in [0, 0.05) is 11.4 Å². The molecule has 0 amide bonds. The van der Waals surface area contributed by atoms with Crippen molar-refractivity contribution in [2.24, 2.45) is 0 Å². The van der Waals surface area contributed by atoms with Gasteiger partial charge in [0.05, 0.1) is 0 Å². The predicted octanol–water partition coefficient (Wildman–Crippen LogP) is 0.618. The van der Waals surface area contributed by atoms with Gasteiger partial charge in [-0.1, -0.05) is 15.9 Å². The van der Waals surface area contributed by atoms with Gasteiger partial charge in [-0.25, -0.2) is 0 Å². The van der Waals surface area contributed by atoms with Gasteiger partial charge in [-0.2, -0.15) is 0 Å². The summed E-state index contributed by atoms with van der Waals surface area (Å²) in [5.74, 6) is -0.753. The van der Waals surface area contributed by atoms with E-state index < -0.39 is 5.97 Å². The second kappa shape index (κ2) is 4.16. The smallest absolute Gasteiger partial charge is 0.320 e. The van der Waals surface area contributed by atoms with Crippen LogP contribution in [0.15, 0.2) is 0 Å². The third-order valence-electron chi connectivity index (χ3n) is 1.38. The van der Waals surface area contributed by atoms with Crippen LogP contribution in [0.25, 0.3) is 0 Å². The van der Waals surface area contributed by atoms with Crippen LogP contribution in [-0.2, 0) is 4.79 Å². The topological polar surface area (TPSA) is 49.3 Å². The third-order valence-corrected chi connectivity index (χ3v) is 2.07. The van der Waals surface area contributed by atoms with E-state index in [9.17, 15) is 4.79 Å². The predicted molar refractivity (Wildman–Crippen MR) is 44.0 cm³/mol. The third kappa shape index (κ3) is 2.44. The maximum atomic E-state index is 10.3. The number of rotatable bonds is 1. The molecule has 1 fully saturated rings. The lowest BCUT2D eigenvalue weighted by atomic mass is 10.2. The van der Waals surface area contributed by atoms with Crippen LogP contribution in [0.4, 0.5) is 0 Å². The number of halogens is 2. The molecule has 60 valence electrons. The number of nitrogens with one attached hydrogen (secondary N) is 1. The van der Waals surface area contributed by atoms with E-state index in [-0.39, 0.29) is 18.4 Å². The van der Waals surface area contributed by atoms with E-state index in [1.807, 2.05) is 0 Å². The van der Waals surface area contributed by atoms with Gasteiger partial charge in [-0.3, -0.25) is 4.79 Å². The average Bonchev–Trinajstić information content (AvgIpc) is 2.14. The fraction of sp³-hybridized carbons (Fsp3) is 0.800. The highest BCUT2D eigenvalue weighted by Crippen LogP contribution is 2.13. The second-order valence-corrected chi connectivity index (χ2v) is 3.43. The molecule has 10 heavy (non-hydrogen) atoms. The SMILES string of the molecule is Cl.O=C(O)[C@@H]1C[C@H](Br)CN1. The summed E-state index contributed by atoms with van der Waals surface area (Å²) in [5.41, 5.74) is 0. The molecule has 2 N–H and O–H groups in total. The zero-order chi connectivity index (χ0) is 6.85. The molecule has 1 heterocycles. The van der Waals surface area contributed by atoms with Crippen LogP contribution in [0.1, 0.15) is 6.42 Å². The second-order valence-electron chi connectivity index (χ2n) is 2.13. The first-order valence-corrected chi connectivity index (χ1v) is 3.72. The Hall–Kier alpha value is 0.200. The van der Waals surface area contributed by atoms with Crippen molar-refractivity contribution in [3.05, 3.63) is 0 Å². The van der Waals surface area contributed by atoms with Crippen LogP contribution in [-0.4, -0.2) is 28.5 Å². The fourth-order valence-electron chi connectivity index (χ4n) is 0.881. The molecule has 0 radical (unpaired) electrons. The number of hydrogen-bond acceptors (Lipinski definition) is 2. The summed E-state index contributed by atoms with van der Waals surface area (Å²) >= 11 is 3.32. The zero-order valence-corrected chi connectivity index (χ0v) is 7.61. The first kappa shape index (κ1) is 10.2. The summed E-state index contributed by atoms with van der Waals surface area (Å²) in [6, 6.07) is -0.339. The molecule has 0 saturated carbocycles. The number of aliphatic carboxylic acids is 1. The van der Waals surface area contributed by atoms with Crippen molar-refractivity contribution in [2.45, 2.75) is 17.3 Å². The number of carboxylic acids is 1. The summed E-state index contributed by atoms with van der Waals surface area (Å²) in [5, 5.41) is 11.3. The lowest BCUT2D eigenvalue weighted by Gasteiger charge is -1.99. The number of carbonyl (C=O) groups is 1. The molecule has 0 unspecified atom stereocenters. The molecule has 0 bridgehead atoms. The molecule has 0 spiro atoms. The highest BCUT2D eigenvalue weighted by atomic mass is 79.9. The van der Waals surface area contributed by atoms with Gasteiger partial charge < -0.3 is 10.4 Å². The molecule has 1 saturated heterocycles. The van der Waals surface area contributed by atoms with E-state index in [0.29, 0.717) is 11.2 Å². The van der Waals surface area contributed by atoms with Crippen LogP contribution >= 0.6 is 28.3 Å². The van der Waals surface area contributed by atoms with E-state index >= 15 is 0 Å². The molecule has 0 aromatic rings. The van der Waals surface area contributed by atoms with Gasteiger partial charge >= 0.3 is 5.97 Å². The van der Waals surface area contributed by atoms with E-state index in [0.717, 1.165) is 6.54 Å². The van der Waals surface area contributed by atoms with Crippen molar-refractivity contribution in [3.63, 3.8) is 0 Å². The molecular weight excluding hydrogens is 221 g/mol. The van der Waals surface area contributed by atoms with Crippen LogP contribution < -0.4 is 5.32 Å². The van der Waals surface area contributed by atoms with Crippen molar-refractivity contribution in [3.8, 4) is 0 Å². The molecule has 5 heteroatoms. The Morgan fingerprint density at radius 3 is 2.50 bits per heavy atom. The van der Waals surface area contributed by atoms with E-state index in [4.69, 9.17) is 5.11 Å². The summed E-state index contributed by atoms with van der Waals surface area (Å²) < 4.78 is 0. The normalized spacial score (nSPS) is 31.3. The van der Waals surface area contributed by atoms with Crippen molar-refractivity contribution in [1.82, 2.24) is 5.32 Å². The van der Waals surface area contributed by atoms with Gasteiger partial charge in [0.2, 0.25) is 0 Å². The van der Waals surface area contributed by atoms with Gasteiger partial charge in [-0.15, -0.1) is 12.4 Å². The van der Waals surface area contributed by atoms with E-state index in [1.54, 1.807) is 0 Å². The maximum absolute atomic E-state index is 10.3. The molecule has 0 aromatic carbocycles. The van der Waals surface area contributed by atoms with Crippen molar-refractivity contribution < 1.29 is 9.90 Å². The molecule has 3 nitrogen and oxygen atoms in total. The van der Waals surface area contributed by atoms with E-state index in [1.165, 1.54) is 0 Å². The average molecular weight is 230 g/mol. The highest BCUT2D eigenvalue weighted by molar-refractivity contribution is 9.09. The lowest BCUT2D eigenvalue weighted by molar-refractivity contribution is -0.139. The highest BCUT2D eigenvalue weighted by Gasteiger charge is 2.26. The minimum atomic E-state index is -0.753. The summed E-state index contributed by atoms with van der Waals surface area (Å²) in [7, 11) is 0. The maximum Gasteiger partial charge on any atom is 0.320 e. The standard InChI is InChI=1S/C5H8BrNO2.ClH/c6-3-1-4(5(8)9)7-2-3;/h3-4,7H,1-2H2,(H,8,9);1H/t3-,4-;/m0./s1. The fourth-order valence-corrected chi connectivity index (χ4v) is 1.44. The zero-order valence-electron chi connectivity index (χ0n) is 5.21. The van der Waals surface area contributed by atoms with Gasteiger partial charge in [0.25, 0.3) is 0 Å². The molecule has 0 aromatic heterocycles.